The number of amides is 2. The molecule has 2 amide bonds. The first-order valence-electron chi connectivity index (χ1n) is 8.76. The van der Waals surface area contributed by atoms with Gasteiger partial charge in [0.05, 0.1) is 4.47 Å². The van der Waals surface area contributed by atoms with Gasteiger partial charge in [0.1, 0.15) is 5.75 Å². The van der Waals surface area contributed by atoms with Crippen LogP contribution in [0.4, 0.5) is 11.4 Å². The van der Waals surface area contributed by atoms with E-state index in [-0.39, 0.29) is 18.4 Å². The Kier molecular flexibility index (Phi) is 6.90. The molecule has 0 radical (unpaired) electrons. The van der Waals surface area contributed by atoms with Crippen LogP contribution in [0.5, 0.6) is 5.75 Å². The molecule has 0 spiro atoms. The molecule has 0 unspecified atom stereocenters. The van der Waals surface area contributed by atoms with Crippen LogP contribution < -0.4 is 15.4 Å². The first-order valence-corrected chi connectivity index (χ1v) is 9.93. The van der Waals surface area contributed by atoms with Crippen LogP contribution >= 0.6 is 27.5 Å². The highest BCUT2D eigenvalue weighted by atomic mass is 79.9. The van der Waals surface area contributed by atoms with Gasteiger partial charge in [-0.05, 0) is 76.9 Å². The van der Waals surface area contributed by atoms with E-state index in [1.807, 2.05) is 19.1 Å². The molecule has 3 aromatic carbocycles. The highest BCUT2D eigenvalue weighted by Crippen LogP contribution is 2.25. The molecule has 0 aliphatic carbocycles. The zero-order valence-corrected chi connectivity index (χ0v) is 17.9. The number of anilines is 2. The fourth-order valence-corrected chi connectivity index (χ4v) is 3.37. The largest absolute Gasteiger partial charge is 0.483 e. The zero-order valence-electron chi connectivity index (χ0n) is 15.5. The minimum Gasteiger partial charge on any atom is -0.483 e. The highest BCUT2D eigenvalue weighted by Gasteiger charge is 2.10. The molecule has 2 N–H and O–H groups in total. The molecule has 0 aromatic heterocycles. The molecule has 0 aliphatic rings. The summed E-state index contributed by atoms with van der Waals surface area (Å²) in [5.41, 5.74) is 2.58. The monoisotopic (exact) mass is 472 g/mol. The quantitative estimate of drug-likeness (QED) is 0.484. The van der Waals surface area contributed by atoms with Crippen LogP contribution in [0.15, 0.2) is 71.2 Å². The van der Waals surface area contributed by atoms with E-state index >= 15 is 0 Å². The number of rotatable bonds is 6. The van der Waals surface area contributed by atoms with Gasteiger partial charge in [-0.3, -0.25) is 9.59 Å². The van der Waals surface area contributed by atoms with Gasteiger partial charge in [0.2, 0.25) is 0 Å². The average molecular weight is 474 g/mol. The van der Waals surface area contributed by atoms with Crippen molar-refractivity contribution < 1.29 is 14.3 Å². The Balaban J connectivity index is 1.60. The van der Waals surface area contributed by atoms with Crippen LogP contribution in [-0.4, -0.2) is 18.4 Å². The van der Waals surface area contributed by atoms with Gasteiger partial charge in [0.25, 0.3) is 11.8 Å². The smallest absolute Gasteiger partial charge is 0.262 e. The molecule has 0 bridgehead atoms. The van der Waals surface area contributed by atoms with Gasteiger partial charge in [0.15, 0.2) is 6.61 Å². The molecule has 3 aromatic rings. The Bertz CT molecular complexity index is 1060. The number of halogens is 2. The lowest BCUT2D eigenvalue weighted by atomic mass is 10.2. The minimum absolute atomic E-state index is 0.152. The van der Waals surface area contributed by atoms with Crippen LogP contribution in [-0.2, 0) is 4.79 Å². The number of benzene rings is 3. The van der Waals surface area contributed by atoms with Gasteiger partial charge in [-0.2, -0.15) is 0 Å². The summed E-state index contributed by atoms with van der Waals surface area (Å²) in [6.07, 6.45) is 0. The highest BCUT2D eigenvalue weighted by molar-refractivity contribution is 9.10. The molecule has 5 nitrogen and oxygen atoms in total. The van der Waals surface area contributed by atoms with E-state index in [9.17, 15) is 9.59 Å². The molecule has 7 heteroatoms. The Labute approximate surface area is 182 Å². The standard InChI is InChI=1S/C22H18BrClN2O3/c1-14-8-9-20(19(23)10-14)29-13-21(27)25-17-6-2-4-15(11-17)22(28)26-18-7-3-5-16(24)12-18/h2-12H,13H2,1H3,(H,25,27)(H,26,28). The van der Waals surface area contributed by atoms with Crippen molar-refractivity contribution in [2.75, 3.05) is 17.2 Å². The number of carbonyl (C=O) groups excluding carboxylic acids is 2. The molecule has 0 saturated heterocycles. The normalized spacial score (nSPS) is 10.3. The summed E-state index contributed by atoms with van der Waals surface area (Å²) >= 11 is 9.35. The van der Waals surface area contributed by atoms with Crippen molar-refractivity contribution in [3.05, 3.63) is 87.4 Å². The summed E-state index contributed by atoms with van der Waals surface area (Å²) in [6.45, 7) is 1.82. The Morgan fingerprint density at radius 3 is 2.41 bits per heavy atom. The van der Waals surface area contributed by atoms with Crippen molar-refractivity contribution in [1.82, 2.24) is 0 Å². The van der Waals surface area contributed by atoms with Crippen molar-refractivity contribution in [1.29, 1.82) is 0 Å². The Morgan fingerprint density at radius 2 is 1.69 bits per heavy atom. The van der Waals surface area contributed by atoms with Gasteiger partial charge in [0, 0.05) is 22.0 Å². The fraction of sp³-hybridized carbons (Fsp3) is 0.0909. The van der Waals surface area contributed by atoms with E-state index in [1.165, 1.54) is 0 Å². The summed E-state index contributed by atoms with van der Waals surface area (Å²) in [5, 5.41) is 6.03. The van der Waals surface area contributed by atoms with Gasteiger partial charge < -0.3 is 15.4 Å². The number of hydrogen-bond donors (Lipinski definition) is 2. The molecule has 29 heavy (non-hydrogen) atoms. The second-order valence-electron chi connectivity index (χ2n) is 6.32. The van der Waals surface area contributed by atoms with Crippen molar-refractivity contribution in [2.24, 2.45) is 0 Å². The first-order chi connectivity index (χ1) is 13.9. The second-order valence-corrected chi connectivity index (χ2v) is 7.61. The number of carbonyl (C=O) groups is 2. The van der Waals surface area contributed by atoms with Crippen molar-refractivity contribution in [3.63, 3.8) is 0 Å². The van der Waals surface area contributed by atoms with E-state index in [4.69, 9.17) is 16.3 Å². The van der Waals surface area contributed by atoms with Gasteiger partial charge >= 0.3 is 0 Å². The maximum Gasteiger partial charge on any atom is 0.262 e. The third-order valence-electron chi connectivity index (χ3n) is 3.94. The number of nitrogens with one attached hydrogen (secondary N) is 2. The molecule has 0 aliphatic heterocycles. The molecule has 0 saturated carbocycles. The average Bonchev–Trinajstić information content (AvgIpc) is 2.67. The number of ether oxygens (including phenoxy) is 1. The second kappa shape index (κ2) is 9.58. The van der Waals surface area contributed by atoms with Gasteiger partial charge in [-0.15, -0.1) is 0 Å². The molecule has 0 atom stereocenters. The summed E-state index contributed by atoms with van der Waals surface area (Å²) in [4.78, 5) is 24.6. The van der Waals surface area contributed by atoms with Crippen molar-refractivity contribution in [3.8, 4) is 5.75 Å². The molecular formula is C22H18BrClN2O3. The van der Waals surface area contributed by atoms with Crippen LogP contribution in [0.25, 0.3) is 0 Å². The lowest BCUT2D eigenvalue weighted by molar-refractivity contribution is -0.118. The molecule has 0 fully saturated rings. The summed E-state index contributed by atoms with van der Waals surface area (Å²) in [6, 6.07) is 19.2. The minimum atomic E-state index is -0.329. The lowest BCUT2D eigenvalue weighted by Gasteiger charge is -2.10. The maximum absolute atomic E-state index is 12.4. The zero-order chi connectivity index (χ0) is 20.8. The van der Waals surface area contributed by atoms with Gasteiger partial charge in [-0.25, -0.2) is 0 Å². The topological polar surface area (TPSA) is 67.4 Å². The number of aryl methyl sites for hydroxylation is 1. The summed E-state index contributed by atoms with van der Waals surface area (Å²) < 4.78 is 6.33. The molecular weight excluding hydrogens is 456 g/mol. The maximum atomic E-state index is 12.4. The fourth-order valence-electron chi connectivity index (χ4n) is 2.57. The summed E-state index contributed by atoms with van der Waals surface area (Å²) in [7, 11) is 0. The summed E-state index contributed by atoms with van der Waals surface area (Å²) in [5.74, 6) is -0.0477. The lowest BCUT2D eigenvalue weighted by Crippen LogP contribution is -2.20. The predicted molar refractivity (Wildman–Crippen MR) is 119 cm³/mol. The van der Waals surface area contributed by atoms with Crippen LogP contribution in [0, 0.1) is 6.92 Å². The predicted octanol–water partition coefficient (Wildman–Crippen LogP) is 5.68. The van der Waals surface area contributed by atoms with Crippen molar-refractivity contribution >= 4 is 50.7 Å². The van der Waals surface area contributed by atoms with E-state index in [1.54, 1.807) is 54.6 Å². The Hall–Kier alpha value is -2.83. The molecule has 0 heterocycles. The molecule has 3 rings (SSSR count). The third kappa shape index (κ3) is 6.07. The van der Waals surface area contributed by atoms with Crippen LogP contribution in [0.3, 0.4) is 0 Å². The first kappa shape index (κ1) is 20.9. The third-order valence-corrected chi connectivity index (χ3v) is 4.79. The molecule has 148 valence electrons. The van der Waals surface area contributed by atoms with E-state index in [0.29, 0.717) is 27.7 Å². The Morgan fingerprint density at radius 1 is 0.966 bits per heavy atom. The van der Waals surface area contributed by atoms with E-state index in [0.717, 1.165) is 10.0 Å². The number of hydrogen-bond acceptors (Lipinski definition) is 3. The van der Waals surface area contributed by atoms with Crippen molar-refractivity contribution in [2.45, 2.75) is 6.92 Å². The van der Waals surface area contributed by atoms with E-state index in [2.05, 4.69) is 26.6 Å². The van der Waals surface area contributed by atoms with E-state index < -0.39 is 0 Å². The van der Waals surface area contributed by atoms with Gasteiger partial charge in [-0.1, -0.05) is 29.8 Å². The van der Waals surface area contributed by atoms with Crippen LogP contribution in [0.2, 0.25) is 5.02 Å². The SMILES string of the molecule is Cc1ccc(OCC(=O)Nc2cccc(C(=O)Nc3cccc(Cl)c3)c2)c(Br)c1. The van der Waals surface area contributed by atoms with Crippen LogP contribution in [0.1, 0.15) is 15.9 Å².